The van der Waals surface area contributed by atoms with Crippen molar-refractivity contribution in [2.24, 2.45) is 11.7 Å². The largest absolute Gasteiger partial charge is 0.330 e. The minimum atomic E-state index is 0.677. The first-order valence-corrected chi connectivity index (χ1v) is 5.66. The Hall–Kier alpha value is -0.0800. The lowest BCUT2D eigenvalue weighted by atomic mass is 10.1. The van der Waals surface area contributed by atoms with Crippen molar-refractivity contribution in [2.45, 2.75) is 40.0 Å². The van der Waals surface area contributed by atoms with Crippen LogP contribution in [-0.4, -0.2) is 31.1 Å². The summed E-state index contributed by atoms with van der Waals surface area (Å²) < 4.78 is 0. The normalized spacial score (nSPS) is 13.6. The second-order valence-electron chi connectivity index (χ2n) is 3.92. The zero-order chi connectivity index (χ0) is 10.1. The Balaban J connectivity index is 3.46. The smallest absolute Gasteiger partial charge is 0.00158 e. The molecule has 0 aromatic carbocycles. The Morgan fingerprint density at radius 3 is 2.38 bits per heavy atom. The molecule has 0 bridgehead atoms. The van der Waals surface area contributed by atoms with Crippen molar-refractivity contribution in [3.63, 3.8) is 0 Å². The van der Waals surface area contributed by atoms with Crippen LogP contribution >= 0.6 is 0 Å². The van der Waals surface area contributed by atoms with Gasteiger partial charge in [0.15, 0.2) is 0 Å². The van der Waals surface area contributed by atoms with E-state index in [-0.39, 0.29) is 0 Å². The molecular weight excluding hydrogens is 160 g/mol. The van der Waals surface area contributed by atoms with E-state index < -0.39 is 0 Å². The third kappa shape index (κ3) is 7.03. The number of nitrogens with two attached hydrogens (primary N) is 1. The van der Waals surface area contributed by atoms with Crippen LogP contribution in [0.3, 0.4) is 0 Å². The van der Waals surface area contributed by atoms with Gasteiger partial charge in [0.1, 0.15) is 0 Å². The first-order chi connectivity index (χ1) is 6.24. The summed E-state index contributed by atoms with van der Waals surface area (Å²) in [6, 6.07) is 0. The average Bonchev–Trinajstić information content (AvgIpc) is 2.17. The van der Waals surface area contributed by atoms with Gasteiger partial charge >= 0.3 is 0 Å². The van der Waals surface area contributed by atoms with Crippen LogP contribution in [0.5, 0.6) is 0 Å². The van der Waals surface area contributed by atoms with Crippen molar-refractivity contribution in [3.05, 3.63) is 0 Å². The quantitative estimate of drug-likeness (QED) is 0.629. The topological polar surface area (TPSA) is 29.3 Å². The van der Waals surface area contributed by atoms with Crippen LogP contribution in [0, 0.1) is 5.92 Å². The van der Waals surface area contributed by atoms with Gasteiger partial charge in [-0.1, -0.05) is 27.2 Å². The van der Waals surface area contributed by atoms with Crippen molar-refractivity contribution in [1.82, 2.24) is 4.90 Å². The van der Waals surface area contributed by atoms with Gasteiger partial charge in [0.05, 0.1) is 0 Å². The molecular formula is C11H26N2. The predicted octanol–water partition coefficient (Wildman–Crippen LogP) is 2.09. The summed E-state index contributed by atoms with van der Waals surface area (Å²) in [5.41, 5.74) is 5.58. The summed E-state index contributed by atoms with van der Waals surface area (Å²) in [6.45, 7) is 11.2. The van der Waals surface area contributed by atoms with Crippen molar-refractivity contribution in [2.75, 3.05) is 26.2 Å². The van der Waals surface area contributed by atoms with Crippen LogP contribution in [-0.2, 0) is 0 Å². The van der Waals surface area contributed by atoms with E-state index in [1.165, 1.54) is 38.9 Å². The monoisotopic (exact) mass is 186 g/mol. The van der Waals surface area contributed by atoms with E-state index in [0.717, 1.165) is 6.54 Å². The van der Waals surface area contributed by atoms with Crippen molar-refractivity contribution < 1.29 is 0 Å². The highest BCUT2D eigenvalue weighted by Gasteiger charge is 2.04. The van der Waals surface area contributed by atoms with Gasteiger partial charge in [-0.25, -0.2) is 0 Å². The maximum atomic E-state index is 5.58. The Labute approximate surface area is 83.5 Å². The molecule has 0 saturated carbocycles. The maximum Gasteiger partial charge on any atom is -0.00158 e. The molecule has 1 unspecified atom stereocenters. The lowest BCUT2D eigenvalue weighted by Crippen LogP contribution is -2.28. The minimum absolute atomic E-state index is 0.677. The van der Waals surface area contributed by atoms with E-state index in [1.807, 2.05) is 0 Å². The predicted molar refractivity (Wildman–Crippen MR) is 59.9 cm³/mol. The van der Waals surface area contributed by atoms with E-state index in [9.17, 15) is 0 Å². The van der Waals surface area contributed by atoms with Crippen LogP contribution in [0.1, 0.15) is 40.0 Å². The van der Waals surface area contributed by atoms with Crippen LogP contribution in [0.25, 0.3) is 0 Å². The molecule has 13 heavy (non-hydrogen) atoms. The molecule has 0 aliphatic heterocycles. The van der Waals surface area contributed by atoms with E-state index in [1.54, 1.807) is 0 Å². The molecule has 0 amide bonds. The molecule has 0 radical (unpaired) electrons. The highest BCUT2D eigenvalue weighted by Crippen LogP contribution is 2.02. The van der Waals surface area contributed by atoms with Gasteiger partial charge in [0.2, 0.25) is 0 Å². The first kappa shape index (κ1) is 12.9. The summed E-state index contributed by atoms with van der Waals surface area (Å²) in [6.07, 6.45) is 3.86. The molecule has 0 saturated heterocycles. The van der Waals surface area contributed by atoms with E-state index in [4.69, 9.17) is 5.73 Å². The minimum Gasteiger partial charge on any atom is -0.330 e. The molecule has 2 nitrogen and oxygen atoms in total. The van der Waals surface area contributed by atoms with Crippen molar-refractivity contribution in [1.29, 1.82) is 0 Å². The van der Waals surface area contributed by atoms with Crippen LogP contribution < -0.4 is 5.73 Å². The Kier molecular flexibility index (Phi) is 8.46. The molecule has 0 spiro atoms. The van der Waals surface area contributed by atoms with Gasteiger partial charge < -0.3 is 10.6 Å². The van der Waals surface area contributed by atoms with E-state index in [0.29, 0.717) is 5.92 Å². The number of nitrogens with zero attached hydrogens (tertiary/aromatic N) is 1. The zero-order valence-electron chi connectivity index (χ0n) is 9.55. The maximum absolute atomic E-state index is 5.58. The Morgan fingerprint density at radius 1 is 1.23 bits per heavy atom. The molecule has 0 fully saturated rings. The van der Waals surface area contributed by atoms with Crippen LogP contribution in [0.2, 0.25) is 0 Å². The van der Waals surface area contributed by atoms with Gasteiger partial charge in [-0.3, -0.25) is 0 Å². The standard InChI is InChI=1S/C11H26N2/c1-4-6-8-13(5-2)9-7-11(3)10-12/h11H,4-10,12H2,1-3H3. The summed E-state index contributed by atoms with van der Waals surface area (Å²) in [5.74, 6) is 0.677. The summed E-state index contributed by atoms with van der Waals surface area (Å²) >= 11 is 0. The molecule has 0 aliphatic rings. The lowest BCUT2D eigenvalue weighted by Gasteiger charge is -2.21. The number of unbranched alkanes of at least 4 members (excludes halogenated alkanes) is 1. The Bertz CT molecular complexity index is 104. The van der Waals surface area contributed by atoms with E-state index in [2.05, 4.69) is 25.7 Å². The highest BCUT2D eigenvalue weighted by molar-refractivity contribution is 4.59. The number of rotatable bonds is 8. The zero-order valence-corrected chi connectivity index (χ0v) is 9.55. The molecule has 0 aromatic rings. The summed E-state index contributed by atoms with van der Waals surface area (Å²) in [7, 11) is 0. The second-order valence-corrected chi connectivity index (χ2v) is 3.92. The lowest BCUT2D eigenvalue weighted by molar-refractivity contribution is 0.264. The number of hydrogen-bond acceptors (Lipinski definition) is 2. The van der Waals surface area contributed by atoms with E-state index >= 15 is 0 Å². The van der Waals surface area contributed by atoms with Crippen LogP contribution in [0.15, 0.2) is 0 Å². The molecule has 2 N–H and O–H groups in total. The van der Waals surface area contributed by atoms with Gasteiger partial charge in [0, 0.05) is 0 Å². The fourth-order valence-corrected chi connectivity index (χ4v) is 1.33. The molecule has 0 aromatic heterocycles. The molecule has 0 aliphatic carbocycles. The molecule has 0 rings (SSSR count). The van der Waals surface area contributed by atoms with Gasteiger partial charge in [0.25, 0.3) is 0 Å². The molecule has 2 heteroatoms. The highest BCUT2D eigenvalue weighted by atomic mass is 15.1. The third-order valence-corrected chi connectivity index (χ3v) is 2.62. The molecule has 0 heterocycles. The summed E-state index contributed by atoms with van der Waals surface area (Å²) in [5, 5.41) is 0. The van der Waals surface area contributed by atoms with Gasteiger partial charge in [-0.2, -0.15) is 0 Å². The molecule has 80 valence electrons. The number of hydrogen-bond donors (Lipinski definition) is 1. The molecule has 1 atom stereocenters. The third-order valence-electron chi connectivity index (χ3n) is 2.62. The average molecular weight is 186 g/mol. The van der Waals surface area contributed by atoms with Crippen LogP contribution in [0.4, 0.5) is 0 Å². The SMILES string of the molecule is CCCCN(CC)CCC(C)CN. The first-order valence-electron chi connectivity index (χ1n) is 5.66. The Morgan fingerprint density at radius 2 is 1.92 bits per heavy atom. The van der Waals surface area contributed by atoms with Gasteiger partial charge in [-0.15, -0.1) is 0 Å². The van der Waals surface area contributed by atoms with Gasteiger partial charge in [-0.05, 0) is 44.9 Å². The fourth-order valence-electron chi connectivity index (χ4n) is 1.33. The fraction of sp³-hybridized carbons (Fsp3) is 1.00. The van der Waals surface area contributed by atoms with Crippen molar-refractivity contribution >= 4 is 0 Å². The van der Waals surface area contributed by atoms with Crippen molar-refractivity contribution in [3.8, 4) is 0 Å². The summed E-state index contributed by atoms with van der Waals surface area (Å²) in [4.78, 5) is 2.52. The second kappa shape index (κ2) is 8.52.